The van der Waals surface area contributed by atoms with Crippen molar-refractivity contribution in [2.75, 3.05) is 13.1 Å². The number of furan rings is 1. The molecule has 1 aliphatic heterocycles. The van der Waals surface area contributed by atoms with Gasteiger partial charge in [-0.25, -0.2) is 4.79 Å². The number of carbonyl (C=O) groups is 1. The Morgan fingerprint density at radius 2 is 2.35 bits per heavy atom. The highest BCUT2D eigenvalue weighted by atomic mass is 79.9. The molecule has 0 radical (unpaired) electrons. The van der Waals surface area contributed by atoms with Crippen molar-refractivity contribution in [1.82, 2.24) is 10.2 Å². The maximum atomic E-state index is 12.2. The minimum atomic E-state index is -0.861. The first kappa shape index (κ1) is 15.4. The van der Waals surface area contributed by atoms with Crippen LogP contribution >= 0.6 is 15.9 Å². The van der Waals surface area contributed by atoms with Crippen LogP contribution in [0.15, 0.2) is 21.2 Å². The Morgan fingerprint density at radius 1 is 1.60 bits per heavy atom. The van der Waals surface area contributed by atoms with E-state index in [0.717, 1.165) is 18.6 Å². The van der Waals surface area contributed by atoms with Gasteiger partial charge >= 0.3 is 6.03 Å². The van der Waals surface area contributed by atoms with Gasteiger partial charge in [0.1, 0.15) is 5.76 Å². The van der Waals surface area contributed by atoms with Crippen molar-refractivity contribution in [2.45, 2.75) is 44.8 Å². The van der Waals surface area contributed by atoms with Crippen LogP contribution in [0.5, 0.6) is 0 Å². The second-order valence-corrected chi connectivity index (χ2v) is 6.47. The number of hydrogen-bond donors (Lipinski definition) is 2. The fourth-order valence-corrected chi connectivity index (χ4v) is 2.96. The van der Waals surface area contributed by atoms with Crippen molar-refractivity contribution in [1.29, 1.82) is 0 Å². The maximum absolute atomic E-state index is 12.2. The molecule has 2 amide bonds. The summed E-state index contributed by atoms with van der Waals surface area (Å²) in [7, 11) is 0. The van der Waals surface area contributed by atoms with E-state index >= 15 is 0 Å². The van der Waals surface area contributed by atoms with E-state index in [4.69, 9.17) is 4.42 Å². The average Bonchev–Trinajstić information content (AvgIpc) is 2.96. The zero-order valence-electron chi connectivity index (χ0n) is 11.9. The summed E-state index contributed by atoms with van der Waals surface area (Å²) in [6, 6.07) is 3.49. The second-order valence-electron chi connectivity index (χ2n) is 5.69. The quantitative estimate of drug-likeness (QED) is 0.881. The lowest BCUT2D eigenvalue weighted by atomic mass is 9.97. The van der Waals surface area contributed by atoms with Gasteiger partial charge in [0.2, 0.25) is 0 Å². The van der Waals surface area contributed by atoms with E-state index in [0.29, 0.717) is 24.2 Å². The Morgan fingerprint density at radius 3 is 2.95 bits per heavy atom. The van der Waals surface area contributed by atoms with Crippen LogP contribution < -0.4 is 5.32 Å². The van der Waals surface area contributed by atoms with Crippen LogP contribution in [-0.4, -0.2) is 40.8 Å². The summed E-state index contributed by atoms with van der Waals surface area (Å²) in [5, 5.41) is 13.0. The van der Waals surface area contributed by atoms with Gasteiger partial charge in [-0.15, -0.1) is 0 Å². The Balaban J connectivity index is 1.82. The van der Waals surface area contributed by atoms with Crippen molar-refractivity contribution in [3.63, 3.8) is 0 Å². The van der Waals surface area contributed by atoms with Crippen LogP contribution in [0.2, 0.25) is 0 Å². The largest absolute Gasteiger partial charge is 0.454 e. The van der Waals surface area contributed by atoms with Crippen molar-refractivity contribution < 1.29 is 14.3 Å². The van der Waals surface area contributed by atoms with Crippen molar-refractivity contribution in [3.05, 3.63) is 22.6 Å². The molecule has 0 spiro atoms. The third kappa shape index (κ3) is 3.76. The van der Waals surface area contributed by atoms with Gasteiger partial charge in [0, 0.05) is 19.5 Å². The van der Waals surface area contributed by atoms with Crippen LogP contribution in [0.3, 0.4) is 0 Å². The zero-order chi connectivity index (χ0) is 14.8. The topological polar surface area (TPSA) is 65.7 Å². The summed E-state index contributed by atoms with van der Waals surface area (Å²) in [6.45, 7) is 4.73. The number of nitrogens with one attached hydrogen (secondary N) is 1. The summed E-state index contributed by atoms with van der Waals surface area (Å²) in [4.78, 5) is 13.9. The van der Waals surface area contributed by atoms with Gasteiger partial charge in [0.05, 0.1) is 11.6 Å². The molecule has 1 saturated heterocycles. The van der Waals surface area contributed by atoms with E-state index in [1.165, 1.54) is 0 Å². The lowest BCUT2D eigenvalue weighted by Crippen LogP contribution is -2.51. The molecule has 1 aromatic rings. The smallest absolute Gasteiger partial charge is 0.317 e. The molecule has 1 aliphatic rings. The Kier molecular flexibility index (Phi) is 4.75. The van der Waals surface area contributed by atoms with Crippen LogP contribution in [0.1, 0.15) is 32.4 Å². The van der Waals surface area contributed by atoms with Crippen LogP contribution in [-0.2, 0) is 6.42 Å². The molecule has 1 fully saturated rings. The molecule has 1 aromatic heterocycles. The Hall–Kier alpha value is -1.01. The number of urea groups is 1. The highest BCUT2D eigenvalue weighted by Gasteiger charge is 2.38. The fourth-order valence-electron chi connectivity index (χ4n) is 2.62. The summed E-state index contributed by atoms with van der Waals surface area (Å²) in [5.74, 6) is 0.831. The monoisotopic (exact) mass is 344 g/mol. The molecule has 2 N–H and O–H groups in total. The first-order chi connectivity index (χ1) is 9.38. The van der Waals surface area contributed by atoms with Crippen LogP contribution in [0.4, 0.5) is 4.79 Å². The molecule has 2 heterocycles. The lowest BCUT2D eigenvalue weighted by Gasteiger charge is -2.33. The number of hydrogen-bond acceptors (Lipinski definition) is 3. The minimum absolute atomic E-state index is 0.111. The average molecular weight is 345 g/mol. The van der Waals surface area contributed by atoms with Gasteiger partial charge in [0.25, 0.3) is 0 Å². The lowest BCUT2D eigenvalue weighted by molar-refractivity contribution is 0.00985. The fraction of sp³-hybridized carbons (Fsp3) is 0.643. The number of halogens is 1. The number of nitrogens with zero attached hydrogens (tertiary/aromatic N) is 1. The van der Waals surface area contributed by atoms with Crippen LogP contribution in [0, 0.1) is 0 Å². The van der Waals surface area contributed by atoms with Crippen molar-refractivity contribution >= 4 is 22.0 Å². The Labute approximate surface area is 127 Å². The predicted molar refractivity (Wildman–Crippen MR) is 79.5 cm³/mol. The summed E-state index contributed by atoms with van der Waals surface area (Å²) >= 11 is 3.25. The van der Waals surface area contributed by atoms with Gasteiger partial charge in [-0.05, 0) is 54.8 Å². The van der Waals surface area contributed by atoms with Gasteiger partial charge in [-0.2, -0.15) is 0 Å². The van der Waals surface area contributed by atoms with E-state index in [2.05, 4.69) is 21.2 Å². The van der Waals surface area contributed by atoms with E-state index in [-0.39, 0.29) is 12.1 Å². The summed E-state index contributed by atoms with van der Waals surface area (Å²) in [5.41, 5.74) is -0.861. The van der Waals surface area contributed by atoms with Gasteiger partial charge < -0.3 is 19.7 Å². The highest BCUT2D eigenvalue weighted by Crippen LogP contribution is 2.26. The van der Waals surface area contributed by atoms with E-state index in [9.17, 15) is 9.90 Å². The molecule has 20 heavy (non-hydrogen) atoms. The van der Waals surface area contributed by atoms with E-state index in [1.807, 2.05) is 12.1 Å². The predicted octanol–water partition coefficient (Wildman–Crippen LogP) is 2.53. The van der Waals surface area contributed by atoms with Crippen molar-refractivity contribution in [3.8, 4) is 0 Å². The molecular formula is C14H21BrN2O3. The van der Waals surface area contributed by atoms with E-state index < -0.39 is 5.60 Å². The third-order valence-corrected chi connectivity index (χ3v) is 4.03. The summed E-state index contributed by atoms with van der Waals surface area (Å²) in [6.07, 6.45) is 2.44. The van der Waals surface area contributed by atoms with Gasteiger partial charge in [0.15, 0.2) is 4.67 Å². The van der Waals surface area contributed by atoms with Gasteiger partial charge in [-0.1, -0.05) is 0 Å². The molecule has 6 heteroatoms. The second kappa shape index (κ2) is 6.18. The number of rotatable bonds is 4. The molecule has 0 aromatic carbocycles. The maximum Gasteiger partial charge on any atom is 0.317 e. The highest BCUT2D eigenvalue weighted by molar-refractivity contribution is 9.10. The first-order valence-electron chi connectivity index (χ1n) is 6.89. The summed E-state index contributed by atoms with van der Waals surface area (Å²) < 4.78 is 6.07. The normalized spacial score (nSPS) is 19.4. The molecule has 2 rings (SSSR count). The number of amides is 2. The SMILES string of the molecule is CC(C)(O)[C@H]1CCCN1C(=O)NCCc1ccc(Br)o1. The molecule has 112 valence electrons. The number of carbonyl (C=O) groups excluding carboxylic acids is 1. The number of aliphatic hydroxyl groups is 1. The van der Waals surface area contributed by atoms with Crippen LogP contribution in [0.25, 0.3) is 0 Å². The molecule has 0 aliphatic carbocycles. The molecule has 0 bridgehead atoms. The molecule has 5 nitrogen and oxygen atoms in total. The molecule has 0 saturated carbocycles. The van der Waals surface area contributed by atoms with Gasteiger partial charge in [-0.3, -0.25) is 0 Å². The first-order valence-corrected chi connectivity index (χ1v) is 7.68. The molecule has 0 unspecified atom stereocenters. The van der Waals surface area contributed by atoms with E-state index in [1.54, 1.807) is 18.7 Å². The molecule has 1 atom stereocenters. The Bertz CT molecular complexity index is 467. The minimum Gasteiger partial charge on any atom is -0.454 e. The van der Waals surface area contributed by atoms with Crippen molar-refractivity contribution in [2.24, 2.45) is 0 Å². The molecular weight excluding hydrogens is 324 g/mol. The third-order valence-electron chi connectivity index (χ3n) is 3.61. The number of likely N-dealkylation sites (tertiary alicyclic amines) is 1. The zero-order valence-corrected chi connectivity index (χ0v) is 13.4. The standard InChI is InChI=1S/C14H21BrN2O3/c1-14(2,19)11-4-3-9-17(11)13(18)16-8-7-10-5-6-12(15)20-10/h5-6,11,19H,3-4,7-9H2,1-2H3,(H,16,18)/t11-/m1/s1.